The molecule has 2 atom stereocenters. The molecule has 6 rings (SSSR count). The molecule has 3 aliphatic heterocycles. The monoisotopic (exact) mass is 705 g/mol. The molecule has 1 saturated heterocycles. The minimum Gasteiger partial charge on any atom is -0.492 e. The van der Waals surface area contributed by atoms with Gasteiger partial charge in [0.05, 0.1) is 55.8 Å². The Morgan fingerprint density at radius 1 is 1.06 bits per heavy atom. The highest BCUT2D eigenvalue weighted by molar-refractivity contribution is 6.27. The molecule has 258 valence electrons. The molecule has 2 aromatic carbocycles. The number of rotatable bonds is 6. The van der Waals surface area contributed by atoms with Gasteiger partial charge in [-0.25, -0.2) is 9.59 Å². The number of Topliss-reactive ketones (excluding diaryl/α,β-unsaturated/α-hetero) is 1. The minimum atomic E-state index is -1.80. The maximum absolute atomic E-state index is 14.3. The minimum absolute atomic E-state index is 0. The second kappa shape index (κ2) is 13.3. The van der Waals surface area contributed by atoms with E-state index in [-0.39, 0.29) is 54.7 Å². The predicted molar refractivity (Wildman–Crippen MR) is 180 cm³/mol. The maximum Gasteiger partial charge on any atom is 0.415 e. The molecule has 4 heterocycles. The van der Waals surface area contributed by atoms with Gasteiger partial charge < -0.3 is 49.1 Å². The fourth-order valence-corrected chi connectivity index (χ4v) is 6.79. The number of amides is 2. The Labute approximate surface area is 287 Å². The molecule has 3 N–H and O–H groups in total. The van der Waals surface area contributed by atoms with Crippen LogP contribution in [0.5, 0.6) is 17.2 Å². The average molecular weight is 707 g/mol. The number of alkyl halides is 1. The van der Waals surface area contributed by atoms with Crippen LogP contribution in [-0.2, 0) is 22.6 Å². The number of anilines is 2. The van der Waals surface area contributed by atoms with Crippen molar-refractivity contribution in [2.24, 2.45) is 0 Å². The Morgan fingerprint density at radius 2 is 1.75 bits per heavy atom. The fraction of sp³-hybridized carbons (Fsp3) is 0.438. The van der Waals surface area contributed by atoms with E-state index in [1.54, 1.807) is 17.0 Å². The van der Waals surface area contributed by atoms with E-state index in [1.165, 1.54) is 39.2 Å². The number of benzene rings is 2. The van der Waals surface area contributed by atoms with Crippen LogP contribution in [0.25, 0.3) is 10.9 Å². The molecule has 1 fully saturated rings. The molecule has 3 aromatic rings. The summed E-state index contributed by atoms with van der Waals surface area (Å²) in [6.45, 7) is 3.37. The van der Waals surface area contributed by atoms with E-state index in [1.807, 2.05) is 7.05 Å². The van der Waals surface area contributed by atoms with Crippen molar-refractivity contribution in [1.82, 2.24) is 14.8 Å². The van der Waals surface area contributed by atoms with Gasteiger partial charge in [0.2, 0.25) is 5.78 Å². The van der Waals surface area contributed by atoms with Gasteiger partial charge in [-0.1, -0.05) is 0 Å². The predicted octanol–water partition coefficient (Wildman–Crippen LogP) is 3.20. The molecule has 0 aliphatic carbocycles. The van der Waals surface area contributed by atoms with E-state index < -0.39 is 34.7 Å². The van der Waals surface area contributed by atoms with E-state index >= 15 is 0 Å². The third-order valence-corrected chi connectivity index (χ3v) is 9.33. The molecular weight excluding hydrogens is 669 g/mol. The number of methoxy groups -OCH3 is 3. The van der Waals surface area contributed by atoms with Gasteiger partial charge in [-0.2, -0.15) is 0 Å². The van der Waals surface area contributed by atoms with Gasteiger partial charge in [0.1, 0.15) is 5.69 Å². The summed E-state index contributed by atoms with van der Waals surface area (Å²) >= 11 is 6.74. The summed E-state index contributed by atoms with van der Waals surface area (Å²) in [4.78, 5) is 62.7. The van der Waals surface area contributed by atoms with Crippen molar-refractivity contribution in [3.8, 4) is 17.2 Å². The number of piperazine rings is 1. The van der Waals surface area contributed by atoms with Gasteiger partial charge in [-0.15, -0.1) is 24.0 Å². The number of aliphatic hydroxyl groups excluding tert-OH is 1. The van der Waals surface area contributed by atoms with E-state index in [9.17, 15) is 24.3 Å². The van der Waals surface area contributed by atoms with Crippen molar-refractivity contribution in [3.63, 3.8) is 0 Å². The van der Waals surface area contributed by atoms with Gasteiger partial charge in [-0.05, 0) is 38.1 Å². The second-order valence-corrected chi connectivity index (χ2v) is 12.6. The molecule has 0 bridgehead atoms. The summed E-state index contributed by atoms with van der Waals surface area (Å²) in [5.74, 6) is -1.26. The van der Waals surface area contributed by atoms with Crippen molar-refractivity contribution < 1.29 is 43.2 Å². The van der Waals surface area contributed by atoms with Crippen LogP contribution in [0.15, 0.2) is 18.2 Å². The number of likely N-dealkylation sites (N-methyl/N-ethyl adjacent to an activating group) is 1. The summed E-state index contributed by atoms with van der Waals surface area (Å²) in [6, 6.07) is 4.85. The summed E-state index contributed by atoms with van der Waals surface area (Å²) in [5, 5.41) is 12.9. The highest BCUT2D eigenvalue weighted by Gasteiger charge is 2.52. The highest BCUT2D eigenvalue weighted by Crippen LogP contribution is 2.48. The largest absolute Gasteiger partial charge is 0.492 e. The van der Waals surface area contributed by atoms with Crippen molar-refractivity contribution in [2.45, 2.75) is 30.9 Å². The smallest absolute Gasteiger partial charge is 0.415 e. The van der Waals surface area contributed by atoms with Crippen LogP contribution in [0, 0.1) is 0 Å². The summed E-state index contributed by atoms with van der Waals surface area (Å²) < 4.78 is 21.9. The standard InChI is InChI=1S/C32H36ClN5O9.ClH/c1-32(30(42)46-5)28(40)23-19-12-18(33)14-38(21(19)13-22(25(23)35-32)47-31(43)37-8-6-36(2)7-9-37)29(41)20-11-16-10-17(15-39)26(44-3)27(45-4)24(16)34-20;/h10-11,13,18,34-35,39H,6-9,12,14-15H2,1-5H3;1H. The third-order valence-electron chi connectivity index (χ3n) is 9.04. The van der Waals surface area contributed by atoms with Crippen LogP contribution in [-0.4, -0.2) is 116 Å². The lowest BCUT2D eigenvalue weighted by Crippen LogP contribution is -2.48. The molecule has 2 amide bonds. The van der Waals surface area contributed by atoms with E-state index in [4.69, 9.17) is 30.5 Å². The molecule has 48 heavy (non-hydrogen) atoms. The Balaban J connectivity index is 0.00000451. The number of esters is 1. The molecule has 0 saturated carbocycles. The van der Waals surface area contributed by atoms with Gasteiger partial charge in [0, 0.05) is 49.7 Å². The number of hydrogen-bond acceptors (Lipinski definition) is 11. The number of fused-ring (bicyclic) bond motifs is 4. The molecule has 1 aromatic heterocycles. The highest BCUT2D eigenvalue weighted by atomic mass is 35.5. The van der Waals surface area contributed by atoms with Gasteiger partial charge in [0.15, 0.2) is 22.8 Å². The topological polar surface area (TPSA) is 163 Å². The molecule has 16 heteroatoms. The Morgan fingerprint density at radius 3 is 2.38 bits per heavy atom. The van der Waals surface area contributed by atoms with Crippen molar-refractivity contribution in [1.29, 1.82) is 0 Å². The molecule has 0 radical (unpaired) electrons. The number of nitrogens with zero attached hydrogens (tertiary/aromatic N) is 3. The lowest BCUT2D eigenvalue weighted by Gasteiger charge is -2.34. The summed E-state index contributed by atoms with van der Waals surface area (Å²) in [5.41, 5.74) is 0.336. The zero-order valence-electron chi connectivity index (χ0n) is 27.1. The third kappa shape index (κ3) is 5.66. The quantitative estimate of drug-likeness (QED) is 0.196. The normalized spacial score (nSPS) is 20.4. The Hall–Kier alpha value is -4.24. The van der Waals surface area contributed by atoms with Crippen LogP contribution in [0.2, 0.25) is 0 Å². The van der Waals surface area contributed by atoms with Crippen LogP contribution in [0.3, 0.4) is 0 Å². The number of carbonyl (C=O) groups excluding carboxylic acids is 4. The first-order valence-electron chi connectivity index (χ1n) is 15.1. The van der Waals surface area contributed by atoms with Crippen LogP contribution < -0.4 is 24.4 Å². The number of aromatic amines is 1. The van der Waals surface area contributed by atoms with Crippen LogP contribution in [0.1, 0.15) is 38.9 Å². The zero-order valence-corrected chi connectivity index (χ0v) is 28.7. The summed E-state index contributed by atoms with van der Waals surface area (Å²) in [6.07, 6.45) is -0.417. The Kier molecular flexibility index (Phi) is 9.75. The number of ether oxygens (including phenoxy) is 4. The maximum atomic E-state index is 14.3. The van der Waals surface area contributed by atoms with Gasteiger partial charge in [0.25, 0.3) is 5.91 Å². The Bertz CT molecular complexity index is 1810. The van der Waals surface area contributed by atoms with Crippen LogP contribution in [0.4, 0.5) is 16.2 Å². The first-order chi connectivity index (χ1) is 22.4. The number of H-pyrrole nitrogens is 1. The number of carbonyl (C=O) groups is 4. The molecular formula is C32H37Cl2N5O9. The average Bonchev–Trinajstić information content (AvgIpc) is 3.62. The lowest BCUT2D eigenvalue weighted by atomic mass is 9.88. The van der Waals surface area contributed by atoms with E-state index in [0.717, 1.165) is 0 Å². The number of nitrogens with one attached hydrogen (secondary N) is 2. The van der Waals surface area contributed by atoms with Crippen molar-refractivity contribution in [2.75, 3.05) is 71.3 Å². The van der Waals surface area contributed by atoms with Crippen molar-refractivity contribution >= 4 is 70.0 Å². The SMILES string of the molecule is COC(=O)C1(C)Nc2c(OC(=O)N3CCN(C)CC3)cc3c(c2C1=O)CC(Cl)CN3C(=O)c1cc2cc(CO)c(OC)c(OC)c2[nH]1.Cl. The zero-order chi connectivity index (χ0) is 33.8. The van der Waals surface area contributed by atoms with Crippen molar-refractivity contribution in [3.05, 3.63) is 40.6 Å². The summed E-state index contributed by atoms with van der Waals surface area (Å²) in [7, 11) is 6.05. The van der Waals surface area contributed by atoms with E-state index in [2.05, 4.69) is 15.2 Å². The number of ketones is 1. The van der Waals surface area contributed by atoms with Gasteiger partial charge >= 0.3 is 12.1 Å². The number of aromatic nitrogens is 1. The molecule has 2 unspecified atom stereocenters. The number of aliphatic hydroxyl groups is 1. The van der Waals surface area contributed by atoms with Crippen LogP contribution >= 0.6 is 24.0 Å². The van der Waals surface area contributed by atoms with Gasteiger partial charge in [-0.3, -0.25) is 9.59 Å². The molecule has 3 aliphatic rings. The molecule has 0 spiro atoms. The van der Waals surface area contributed by atoms with E-state index in [0.29, 0.717) is 65.4 Å². The number of halogens is 2. The first kappa shape index (κ1) is 35.1. The fourth-order valence-electron chi connectivity index (χ4n) is 6.50. The first-order valence-corrected chi connectivity index (χ1v) is 15.5. The second-order valence-electron chi connectivity index (χ2n) is 12.0. The number of hydrogen-bond donors (Lipinski definition) is 3. The lowest BCUT2D eigenvalue weighted by molar-refractivity contribution is -0.143. The molecule has 14 nitrogen and oxygen atoms in total.